The standard InChI is InChI=1S/C30H45ClN6O2.ClH/c31-26-8-6-24(7-9-26)20-28(34-27-10-14-35(15-11-27)18-19-38)29(39)36-16-12-30(13-17-36,21-37-23-32-22-33-37)25-4-2-1-3-5-25;/h6-9,22-23,25,27-28,34,38H,1-5,10-21H2;1H/t28-;/m1./s1. The first-order valence-corrected chi connectivity index (χ1v) is 15.4. The van der Waals surface area contributed by atoms with Crippen molar-refractivity contribution in [2.24, 2.45) is 11.3 Å². The number of hydrogen-bond acceptors (Lipinski definition) is 6. The zero-order valence-electron chi connectivity index (χ0n) is 23.6. The highest BCUT2D eigenvalue weighted by molar-refractivity contribution is 6.30. The molecule has 5 rings (SSSR count). The highest BCUT2D eigenvalue weighted by Crippen LogP contribution is 2.47. The van der Waals surface area contributed by atoms with Gasteiger partial charge in [0.25, 0.3) is 0 Å². The van der Waals surface area contributed by atoms with Crippen molar-refractivity contribution < 1.29 is 9.90 Å². The highest BCUT2D eigenvalue weighted by Gasteiger charge is 2.43. The van der Waals surface area contributed by atoms with Gasteiger partial charge in [-0.2, -0.15) is 5.10 Å². The molecule has 10 heteroatoms. The SMILES string of the molecule is Cl.O=C([C@@H](Cc1ccc(Cl)cc1)NC1CCN(CCO)CC1)N1CCC(Cn2cncn2)(C2CCCCC2)CC1. The zero-order valence-corrected chi connectivity index (χ0v) is 25.2. The van der Waals surface area contributed by atoms with Crippen molar-refractivity contribution in [3.63, 3.8) is 0 Å². The summed E-state index contributed by atoms with van der Waals surface area (Å²) in [5, 5.41) is 18.2. The second-order valence-electron chi connectivity index (χ2n) is 12.0. The summed E-state index contributed by atoms with van der Waals surface area (Å²) in [7, 11) is 0. The molecule has 3 aliphatic rings. The molecular formula is C30H46Cl2N6O2. The first-order valence-electron chi connectivity index (χ1n) is 15.0. The van der Waals surface area contributed by atoms with Crippen molar-refractivity contribution in [3.05, 3.63) is 47.5 Å². The van der Waals surface area contributed by atoms with Crippen LogP contribution in [-0.4, -0.2) is 87.0 Å². The van der Waals surface area contributed by atoms with E-state index >= 15 is 0 Å². The van der Waals surface area contributed by atoms with Crippen molar-refractivity contribution >= 4 is 29.9 Å². The van der Waals surface area contributed by atoms with Crippen LogP contribution in [0, 0.1) is 11.3 Å². The molecule has 1 aliphatic carbocycles. The normalized spacial score (nSPS) is 21.6. The molecule has 0 radical (unpaired) electrons. The summed E-state index contributed by atoms with van der Waals surface area (Å²) in [6.07, 6.45) is 14.7. The van der Waals surface area contributed by atoms with E-state index in [-0.39, 0.29) is 36.4 Å². The highest BCUT2D eigenvalue weighted by atomic mass is 35.5. The van der Waals surface area contributed by atoms with Crippen LogP contribution in [0.2, 0.25) is 5.02 Å². The molecule has 0 unspecified atom stereocenters. The molecule has 2 aromatic rings. The summed E-state index contributed by atoms with van der Waals surface area (Å²) < 4.78 is 2.01. The van der Waals surface area contributed by atoms with Crippen molar-refractivity contribution in [2.45, 2.75) is 82.8 Å². The van der Waals surface area contributed by atoms with Crippen LogP contribution < -0.4 is 5.32 Å². The third kappa shape index (κ3) is 7.97. The van der Waals surface area contributed by atoms with Crippen molar-refractivity contribution in [1.29, 1.82) is 0 Å². The van der Waals surface area contributed by atoms with Gasteiger partial charge in [0.15, 0.2) is 0 Å². The summed E-state index contributed by atoms with van der Waals surface area (Å²) in [5.74, 6) is 0.917. The van der Waals surface area contributed by atoms with E-state index in [2.05, 4.69) is 25.2 Å². The van der Waals surface area contributed by atoms with E-state index in [1.165, 1.54) is 32.1 Å². The monoisotopic (exact) mass is 592 g/mol. The molecule has 3 heterocycles. The Morgan fingerprint density at radius 1 is 1.05 bits per heavy atom. The number of aliphatic hydroxyl groups excluding tert-OH is 1. The number of β-amino-alcohol motifs (C(OH)–C–C–N with tert-alkyl or cyclic N) is 1. The topological polar surface area (TPSA) is 86.5 Å². The fraction of sp³-hybridized carbons (Fsp3) is 0.700. The predicted octanol–water partition coefficient (Wildman–Crippen LogP) is 4.20. The Morgan fingerprint density at radius 2 is 1.75 bits per heavy atom. The first-order chi connectivity index (χ1) is 19.0. The molecule has 8 nitrogen and oxygen atoms in total. The van der Waals surface area contributed by atoms with Gasteiger partial charge < -0.3 is 20.2 Å². The van der Waals surface area contributed by atoms with Crippen molar-refractivity contribution in [1.82, 2.24) is 29.9 Å². The molecule has 1 atom stereocenters. The third-order valence-electron chi connectivity index (χ3n) is 9.58. The van der Waals surface area contributed by atoms with E-state index in [1.54, 1.807) is 6.33 Å². The molecule has 2 N–H and O–H groups in total. The minimum atomic E-state index is -0.252. The molecule has 1 amide bonds. The molecule has 0 spiro atoms. The molecule has 2 saturated heterocycles. The molecule has 1 saturated carbocycles. The maximum atomic E-state index is 14.1. The predicted molar refractivity (Wildman–Crippen MR) is 161 cm³/mol. The summed E-state index contributed by atoms with van der Waals surface area (Å²) >= 11 is 6.15. The molecule has 40 heavy (non-hydrogen) atoms. The van der Waals surface area contributed by atoms with Gasteiger partial charge in [-0.1, -0.05) is 43.0 Å². The van der Waals surface area contributed by atoms with Gasteiger partial charge in [0.2, 0.25) is 5.91 Å². The van der Waals surface area contributed by atoms with Gasteiger partial charge in [0, 0.05) is 37.2 Å². The summed E-state index contributed by atoms with van der Waals surface area (Å²) in [5.41, 5.74) is 1.31. The second-order valence-corrected chi connectivity index (χ2v) is 12.4. The number of rotatable bonds is 10. The lowest BCUT2D eigenvalue weighted by atomic mass is 9.63. The number of nitrogens with one attached hydrogen (secondary N) is 1. The summed E-state index contributed by atoms with van der Waals surface area (Å²) in [6, 6.07) is 7.95. The molecular weight excluding hydrogens is 547 g/mol. The van der Waals surface area contributed by atoms with Gasteiger partial charge in [-0.25, -0.2) is 4.98 Å². The second kappa shape index (κ2) is 15.0. The lowest BCUT2D eigenvalue weighted by molar-refractivity contribution is -0.137. The number of hydrogen-bond donors (Lipinski definition) is 2. The van der Waals surface area contributed by atoms with E-state index in [0.717, 1.165) is 70.5 Å². The molecule has 1 aromatic heterocycles. The quantitative estimate of drug-likeness (QED) is 0.430. The smallest absolute Gasteiger partial charge is 0.240 e. The van der Waals surface area contributed by atoms with Crippen LogP contribution in [0.5, 0.6) is 0 Å². The van der Waals surface area contributed by atoms with Crippen LogP contribution in [0.4, 0.5) is 0 Å². The first kappa shape index (κ1) is 31.2. The number of aliphatic hydroxyl groups is 1. The van der Waals surface area contributed by atoms with Crippen LogP contribution >= 0.6 is 24.0 Å². The average Bonchev–Trinajstić information content (AvgIpc) is 3.48. The lowest BCUT2D eigenvalue weighted by Gasteiger charge is -2.48. The molecule has 222 valence electrons. The van der Waals surface area contributed by atoms with Crippen LogP contribution in [-0.2, 0) is 17.8 Å². The van der Waals surface area contributed by atoms with Crippen LogP contribution in [0.15, 0.2) is 36.9 Å². The maximum absolute atomic E-state index is 14.1. The van der Waals surface area contributed by atoms with Gasteiger partial charge in [0.05, 0.1) is 12.6 Å². The Labute approximate surface area is 250 Å². The van der Waals surface area contributed by atoms with E-state index < -0.39 is 0 Å². The van der Waals surface area contributed by atoms with Gasteiger partial charge in [-0.05, 0) is 87.1 Å². The van der Waals surface area contributed by atoms with E-state index in [1.807, 2.05) is 35.3 Å². The third-order valence-corrected chi connectivity index (χ3v) is 9.83. The Balaban J connectivity index is 0.00000370. The zero-order chi connectivity index (χ0) is 27.1. The molecule has 1 aromatic carbocycles. The lowest BCUT2D eigenvalue weighted by Crippen LogP contribution is -2.56. The number of likely N-dealkylation sites (tertiary alicyclic amines) is 2. The number of nitrogens with zero attached hydrogens (tertiary/aromatic N) is 5. The average molecular weight is 594 g/mol. The number of aromatic nitrogens is 3. The fourth-order valence-corrected chi connectivity index (χ4v) is 7.39. The number of piperidine rings is 2. The van der Waals surface area contributed by atoms with Crippen molar-refractivity contribution in [3.8, 4) is 0 Å². The van der Waals surface area contributed by atoms with Gasteiger partial charge in [0.1, 0.15) is 12.7 Å². The van der Waals surface area contributed by atoms with Crippen LogP contribution in [0.25, 0.3) is 0 Å². The minimum absolute atomic E-state index is 0. The van der Waals surface area contributed by atoms with Gasteiger partial charge >= 0.3 is 0 Å². The number of carbonyl (C=O) groups excluding carboxylic acids is 1. The molecule has 3 fully saturated rings. The van der Waals surface area contributed by atoms with E-state index in [0.29, 0.717) is 23.4 Å². The largest absolute Gasteiger partial charge is 0.395 e. The van der Waals surface area contributed by atoms with E-state index in [4.69, 9.17) is 11.6 Å². The van der Waals surface area contributed by atoms with E-state index in [9.17, 15) is 9.90 Å². The molecule has 0 bridgehead atoms. The number of amides is 1. The Kier molecular flexibility index (Phi) is 11.7. The maximum Gasteiger partial charge on any atom is 0.240 e. The van der Waals surface area contributed by atoms with Gasteiger partial charge in [-0.3, -0.25) is 9.48 Å². The minimum Gasteiger partial charge on any atom is -0.395 e. The van der Waals surface area contributed by atoms with Gasteiger partial charge in [-0.15, -0.1) is 12.4 Å². The fourth-order valence-electron chi connectivity index (χ4n) is 7.26. The molecule has 2 aliphatic heterocycles. The summed E-state index contributed by atoms with van der Waals surface area (Å²) in [4.78, 5) is 22.7. The number of halogens is 2. The Hall–Kier alpha value is -1.71. The Bertz CT molecular complexity index is 1020. The number of carbonyl (C=O) groups is 1. The number of benzene rings is 1. The summed E-state index contributed by atoms with van der Waals surface area (Å²) in [6.45, 7) is 5.34. The van der Waals surface area contributed by atoms with Crippen molar-refractivity contribution in [2.75, 3.05) is 39.3 Å². The Morgan fingerprint density at radius 3 is 2.38 bits per heavy atom. The van der Waals surface area contributed by atoms with Crippen LogP contribution in [0.1, 0.15) is 63.4 Å². The van der Waals surface area contributed by atoms with Crippen LogP contribution in [0.3, 0.4) is 0 Å².